The average molecular weight is 253 g/mol. The highest BCUT2D eigenvalue weighted by molar-refractivity contribution is 7.07. The minimum atomic E-state index is -0.311. The highest BCUT2D eigenvalue weighted by atomic mass is 32.1. The van der Waals surface area contributed by atoms with E-state index in [0.717, 1.165) is 19.3 Å². The van der Waals surface area contributed by atoms with Gasteiger partial charge in [-0.2, -0.15) is 11.3 Å². The molecule has 94 valence electrons. The van der Waals surface area contributed by atoms with Gasteiger partial charge in [-0.15, -0.1) is 0 Å². The molecule has 0 saturated carbocycles. The molecule has 1 saturated heterocycles. The van der Waals surface area contributed by atoms with Crippen LogP contribution < -0.4 is 5.73 Å². The summed E-state index contributed by atoms with van der Waals surface area (Å²) >= 11 is 1.68. The molecule has 17 heavy (non-hydrogen) atoms. The van der Waals surface area contributed by atoms with E-state index < -0.39 is 0 Å². The maximum atomic E-state index is 12.3. The Labute approximate surface area is 106 Å². The molecule has 0 bridgehead atoms. The van der Waals surface area contributed by atoms with Crippen molar-refractivity contribution in [2.24, 2.45) is 11.1 Å². The number of rotatable bonds is 5. The van der Waals surface area contributed by atoms with E-state index in [1.54, 1.807) is 11.3 Å². The molecule has 2 heterocycles. The van der Waals surface area contributed by atoms with E-state index >= 15 is 0 Å². The van der Waals surface area contributed by atoms with Crippen LogP contribution in [0.5, 0.6) is 0 Å². The van der Waals surface area contributed by atoms with Crippen LogP contribution in [-0.4, -0.2) is 25.5 Å². The zero-order valence-electron chi connectivity index (χ0n) is 9.98. The molecule has 0 atom stereocenters. The van der Waals surface area contributed by atoms with E-state index in [4.69, 9.17) is 10.5 Å². The molecule has 0 spiro atoms. The second kappa shape index (κ2) is 5.76. The number of nitrogens with two attached hydrogens (primary N) is 1. The Morgan fingerprint density at radius 1 is 1.47 bits per heavy atom. The van der Waals surface area contributed by atoms with Crippen molar-refractivity contribution in [2.75, 3.05) is 19.8 Å². The molecule has 0 unspecified atom stereocenters. The normalized spacial score (nSPS) is 19.1. The van der Waals surface area contributed by atoms with Gasteiger partial charge in [-0.3, -0.25) is 4.79 Å². The second-order valence-electron chi connectivity index (χ2n) is 4.65. The maximum absolute atomic E-state index is 12.3. The van der Waals surface area contributed by atoms with Crippen molar-refractivity contribution in [1.82, 2.24) is 0 Å². The van der Waals surface area contributed by atoms with Crippen LogP contribution in [0.25, 0.3) is 0 Å². The van der Waals surface area contributed by atoms with Gasteiger partial charge in [0.05, 0.1) is 0 Å². The van der Waals surface area contributed by atoms with Crippen LogP contribution in [0.3, 0.4) is 0 Å². The Morgan fingerprint density at radius 3 is 2.82 bits per heavy atom. The summed E-state index contributed by atoms with van der Waals surface area (Å²) in [5.74, 6) is 0.314. The van der Waals surface area contributed by atoms with Gasteiger partial charge in [0.1, 0.15) is 5.78 Å². The van der Waals surface area contributed by atoms with Crippen LogP contribution in [0, 0.1) is 5.41 Å². The van der Waals surface area contributed by atoms with Gasteiger partial charge in [-0.1, -0.05) is 0 Å². The number of hydrogen-bond donors (Lipinski definition) is 1. The lowest BCUT2D eigenvalue weighted by Crippen LogP contribution is -2.43. The Bertz CT molecular complexity index is 356. The van der Waals surface area contributed by atoms with Crippen LogP contribution in [0.4, 0.5) is 0 Å². The van der Waals surface area contributed by atoms with Crippen LogP contribution >= 0.6 is 11.3 Å². The highest BCUT2D eigenvalue weighted by Gasteiger charge is 2.37. The first-order valence-electron chi connectivity index (χ1n) is 6.09. The van der Waals surface area contributed by atoms with Gasteiger partial charge in [-0.25, -0.2) is 0 Å². The molecular weight excluding hydrogens is 234 g/mol. The number of carbonyl (C=O) groups is 1. The smallest absolute Gasteiger partial charge is 0.140 e. The first kappa shape index (κ1) is 12.7. The number of Topliss-reactive ketones (excluding diaryl/α,β-unsaturated/α-hetero) is 1. The third kappa shape index (κ3) is 2.94. The molecule has 1 aliphatic heterocycles. The zero-order chi connectivity index (χ0) is 12.1. The molecule has 0 aromatic carbocycles. The van der Waals surface area contributed by atoms with E-state index in [1.807, 2.05) is 5.38 Å². The molecule has 1 aromatic heterocycles. The number of ether oxygens (including phenoxy) is 1. The maximum Gasteiger partial charge on any atom is 0.140 e. The van der Waals surface area contributed by atoms with Gasteiger partial charge in [0.25, 0.3) is 0 Å². The molecule has 2 N–H and O–H groups in total. The lowest BCUT2D eigenvalue weighted by atomic mass is 9.75. The molecule has 3 nitrogen and oxygen atoms in total. The fourth-order valence-electron chi connectivity index (χ4n) is 2.32. The molecule has 1 aliphatic rings. The van der Waals surface area contributed by atoms with Crippen molar-refractivity contribution in [3.8, 4) is 0 Å². The van der Waals surface area contributed by atoms with E-state index in [1.165, 1.54) is 5.56 Å². The number of thiophene rings is 1. The number of carbonyl (C=O) groups excluding carboxylic acids is 1. The second-order valence-corrected chi connectivity index (χ2v) is 5.43. The molecule has 1 fully saturated rings. The van der Waals surface area contributed by atoms with Crippen molar-refractivity contribution < 1.29 is 9.53 Å². The van der Waals surface area contributed by atoms with Gasteiger partial charge in [0.2, 0.25) is 0 Å². The SMILES string of the molecule is NCC1(C(=O)CCc2ccsc2)CCOCC1. The van der Waals surface area contributed by atoms with E-state index in [2.05, 4.69) is 11.4 Å². The molecular formula is C13H19NO2S. The summed E-state index contributed by atoms with van der Waals surface area (Å²) in [6.07, 6.45) is 3.01. The average Bonchev–Trinajstić information content (AvgIpc) is 2.90. The Balaban J connectivity index is 1.93. The van der Waals surface area contributed by atoms with Crippen LogP contribution in [-0.2, 0) is 16.0 Å². The summed E-state index contributed by atoms with van der Waals surface area (Å²) in [5.41, 5.74) is 6.75. The molecule has 0 aliphatic carbocycles. The van der Waals surface area contributed by atoms with Gasteiger partial charge >= 0.3 is 0 Å². The van der Waals surface area contributed by atoms with E-state index in [9.17, 15) is 4.79 Å². The highest BCUT2D eigenvalue weighted by Crippen LogP contribution is 2.32. The summed E-state index contributed by atoms with van der Waals surface area (Å²) in [6.45, 7) is 1.79. The standard InChI is InChI=1S/C13H19NO2S/c14-10-13(4-6-16-7-5-13)12(15)2-1-11-3-8-17-9-11/h3,8-9H,1-2,4-7,10,14H2. The number of ketones is 1. The van der Waals surface area contributed by atoms with Crippen molar-refractivity contribution in [3.63, 3.8) is 0 Å². The topological polar surface area (TPSA) is 52.3 Å². The summed E-state index contributed by atoms with van der Waals surface area (Å²) < 4.78 is 5.32. The van der Waals surface area contributed by atoms with Crippen LogP contribution in [0.1, 0.15) is 24.8 Å². The summed E-state index contributed by atoms with van der Waals surface area (Å²) in [7, 11) is 0. The fourth-order valence-corrected chi connectivity index (χ4v) is 3.02. The van der Waals surface area contributed by atoms with E-state index in [-0.39, 0.29) is 5.41 Å². The lowest BCUT2D eigenvalue weighted by molar-refractivity contribution is -0.133. The Hall–Kier alpha value is -0.710. The minimum absolute atomic E-state index is 0.311. The number of aryl methyl sites for hydroxylation is 1. The molecule has 0 amide bonds. The van der Waals surface area contributed by atoms with Crippen molar-refractivity contribution in [2.45, 2.75) is 25.7 Å². The van der Waals surface area contributed by atoms with Gasteiger partial charge in [-0.05, 0) is 41.7 Å². The Morgan fingerprint density at radius 2 is 2.24 bits per heavy atom. The molecule has 1 aromatic rings. The van der Waals surface area contributed by atoms with Crippen molar-refractivity contribution in [3.05, 3.63) is 22.4 Å². The zero-order valence-corrected chi connectivity index (χ0v) is 10.8. The molecule has 2 rings (SSSR count). The lowest BCUT2D eigenvalue weighted by Gasteiger charge is -2.34. The third-order valence-corrected chi connectivity index (χ3v) is 4.39. The summed E-state index contributed by atoms with van der Waals surface area (Å²) in [5, 5.41) is 4.15. The molecule has 4 heteroatoms. The quantitative estimate of drug-likeness (QED) is 0.873. The van der Waals surface area contributed by atoms with E-state index in [0.29, 0.717) is 32.0 Å². The van der Waals surface area contributed by atoms with Crippen molar-refractivity contribution >= 4 is 17.1 Å². The molecule has 0 radical (unpaired) electrons. The first-order chi connectivity index (χ1) is 8.27. The van der Waals surface area contributed by atoms with Crippen LogP contribution in [0.2, 0.25) is 0 Å². The predicted octanol–water partition coefficient (Wildman–Crippen LogP) is 2.01. The van der Waals surface area contributed by atoms with Gasteiger partial charge in [0, 0.05) is 31.6 Å². The predicted molar refractivity (Wildman–Crippen MR) is 69.2 cm³/mol. The van der Waals surface area contributed by atoms with Gasteiger partial charge < -0.3 is 10.5 Å². The number of hydrogen-bond acceptors (Lipinski definition) is 4. The first-order valence-corrected chi connectivity index (χ1v) is 7.03. The monoisotopic (exact) mass is 253 g/mol. The third-order valence-electron chi connectivity index (χ3n) is 3.65. The van der Waals surface area contributed by atoms with Crippen molar-refractivity contribution in [1.29, 1.82) is 0 Å². The Kier molecular flexibility index (Phi) is 4.31. The summed E-state index contributed by atoms with van der Waals surface area (Å²) in [6, 6.07) is 2.08. The fraction of sp³-hybridized carbons (Fsp3) is 0.615. The largest absolute Gasteiger partial charge is 0.381 e. The minimum Gasteiger partial charge on any atom is -0.381 e. The van der Waals surface area contributed by atoms with Gasteiger partial charge in [0.15, 0.2) is 0 Å². The summed E-state index contributed by atoms with van der Waals surface area (Å²) in [4.78, 5) is 12.3. The van der Waals surface area contributed by atoms with Crippen LogP contribution in [0.15, 0.2) is 16.8 Å².